The maximum absolute atomic E-state index is 12.8. The summed E-state index contributed by atoms with van der Waals surface area (Å²) in [6, 6.07) is 14.5. The van der Waals surface area contributed by atoms with E-state index in [1.807, 2.05) is 6.07 Å². The third-order valence-electron chi connectivity index (χ3n) is 5.11. The molecule has 0 aliphatic rings. The zero-order chi connectivity index (χ0) is 22.2. The second kappa shape index (κ2) is 10.8. The van der Waals surface area contributed by atoms with Crippen molar-refractivity contribution < 1.29 is 19.4 Å². The minimum Gasteiger partial charge on any atom is -0.479 e. The second-order valence-electron chi connectivity index (χ2n) is 7.08. The maximum atomic E-state index is 12.8. The highest BCUT2D eigenvalue weighted by molar-refractivity contribution is 7.57. The number of aryl methyl sites for hydroxylation is 1. The van der Waals surface area contributed by atoms with Crippen LogP contribution in [-0.4, -0.2) is 45.8 Å². The smallest absolute Gasteiger partial charge is 0.330 e. The van der Waals surface area contributed by atoms with Gasteiger partial charge in [0.2, 0.25) is 0 Å². The largest absolute Gasteiger partial charge is 0.479 e. The highest BCUT2D eigenvalue weighted by Crippen LogP contribution is 2.33. The van der Waals surface area contributed by atoms with Crippen LogP contribution in [0.2, 0.25) is 0 Å². The summed E-state index contributed by atoms with van der Waals surface area (Å²) in [5.74, 6) is -1.57. The van der Waals surface area contributed by atoms with E-state index in [0.29, 0.717) is 16.8 Å². The van der Waals surface area contributed by atoms with Crippen molar-refractivity contribution in [2.45, 2.75) is 26.4 Å². The molecule has 0 aliphatic heterocycles. The highest BCUT2D eigenvalue weighted by atomic mass is 31.1. The number of H-pyrrole nitrogens is 1. The average Bonchev–Trinajstić information content (AvgIpc) is 3.27. The number of carbonyl (C=O) groups is 2. The number of rotatable bonds is 10. The number of benzene rings is 2. The van der Waals surface area contributed by atoms with Gasteiger partial charge in [-0.1, -0.05) is 56.3 Å². The molecular formula is C23H27N4O3P. The monoisotopic (exact) mass is 438 g/mol. The quantitative estimate of drug-likeness (QED) is 0.257. The molecule has 1 aromatic heterocycles. The van der Waals surface area contributed by atoms with Gasteiger partial charge in [-0.25, -0.2) is 9.48 Å². The minimum atomic E-state index is -1.12. The lowest BCUT2D eigenvalue weighted by molar-refractivity contribution is -0.753. The topological polar surface area (TPSA) is 99.0 Å². The van der Waals surface area contributed by atoms with Crippen molar-refractivity contribution in [1.82, 2.24) is 15.6 Å². The van der Waals surface area contributed by atoms with Crippen molar-refractivity contribution in [1.29, 1.82) is 0 Å². The van der Waals surface area contributed by atoms with E-state index in [0.717, 1.165) is 18.3 Å². The van der Waals surface area contributed by atoms with Crippen LogP contribution >= 0.6 is 7.92 Å². The number of hydrogen-bond acceptors (Lipinski definition) is 3. The Morgan fingerprint density at radius 1 is 1.16 bits per heavy atom. The van der Waals surface area contributed by atoms with E-state index in [4.69, 9.17) is 0 Å². The van der Waals surface area contributed by atoms with Crippen LogP contribution in [0.4, 0.5) is 0 Å². The van der Waals surface area contributed by atoms with Gasteiger partial charge in [-0.05, 0) is 17.9 Å². The summed E-state index contributed by atoms with van der Waals surface area (Å²) < 4.78 is 1.78. The fraction of sp³-hybridized carbons (Fsp3) is 0.304. The zero-order valence-electron chi connectivity index (χ0n) is 17.7. The maximum Gasteiger partial charge on any atom is 0.330 e. The fourth-order valence-electron chi connectivity index (χ4n) is 3.26. The molecule has 3 N–H and O–H groups in total. The minimum absolute atomic E-state index is 0.0323. The van der Waals surface area contributed by atoms with Gasteiger partial charge < -0.3 is 10.4 Å². The first-order valence-corrected chi connectivity index (χ1v) is 12.2. The first-order chi connectivity index (χ1) is 15.0. The molecule has 0 saturated carbocycles. The molecule has 0 radical (unpaired) electrons. The van der Waals surface area contributed by atoms with Gasteiger partial charge in [-0.2, -0.15) is 5.10 Å². The molecule has 1 atom stereocenters. The predicted molar refractivity (Wildman–Crippen MR) is 120 cm³/mol. The van der Waals surface area contributed by atoms with Crippen LogP contribution in [-0.2, 0) is 11.3 Å². The van der Waals surface area contributed by atoms with E-state index in [1.54, 1.807) is 53.2 Å². The number of carboxylic acids is 1. The van der Waals surface area contributed by atoms with Crippen LogP contribution in [0.15, 0.2) is 54.6 Å². The molecule has 1 amide bonds. The molecule has 0 saturated heterocycles. The van der Waals surface area contributed by atoms with Crippen LogP contribution in [0.25, 0.3) is 11.3 Å². The Labute approximate surface area is 183 Å². The molecule has 3 rings (SSSR count). The second-order valence-corrected chi connectivity index (χ2v) is 10.1. The van der Waals surface area contributed by atoms with E-state index in [-0.39, 0.29) is 7.92 Å². The Kier molecular flexibility index (Phi) is 7.90. The number of nitrogens with zero attached hydrogens (tertiary/aromatic N) is 2. The number of carboxylic acid groups (broad SMARTS) is 1. The molecule has 1 heterocycles. The lowest BCUT2D eigenvalue weighted by Crippen LogP contribution is -2.37. The van der Waals surface area contributed by atoms with Crippen molar-refractivity contribution in [3.05, 3.63) is 71.9 Å². The van der Waals surface area contributed by atoms with E-state index in [2.05, 4.69) is 35.7 Å². The molecule has 2 aromatic carbocycles. The summed E-state index contributed by atoms with van der Waals surface area (Å²) in [6.07, 6.45) is 6.74. The molecule has 0 fully saturated rings. The van der Waals surface area contributed by atoms with Gasteiger partial charge in [0.1, 0.15) is 0 Å². The number of amides is 1. The first-order valence-electron chi connectivity index (χ1n) is 10.3. The van der Waals surface area contributed by atoms with Crippen LogP contribution in [0.1, 0.15) is 35.8 Å². The van der Waals surface area contributed by atoms with Crippen molar-refractivity contribution in [3.8, 4) is 11.3 Å². The van der Waals surface area contributed by atoms with Crippen LogP contribution in [0.5, 0.6) is 0 Å². The first kappa shape index (κ1) is 22.6. The van der Waals surface area contributed by atoms with E-state index in [1.165, 1.54) is 12.3 Å². The summed E-state index contributed by atoms with van der Waals surface area (Å²) in [7, 11) is 0.0323. The Morgan fingerprint density at radius 2 is 1.90 bits per heavy atom. The number of aromatic amines is 1. The van der Waals surface area contributed by atoms with Gasteiger partial charge in [0.05, 0.1) is 11.8 Å². The third kappa shape index (κ3) is 5.98. The third-order valence-corrected chi connectivity index (χ3v) is 7.74. The Balaban J connectivity index is 1.72. The van der Waals surface area contributed by atoms with Crippen molar-refractivity contribution in [2.75, 3.05) is 18.5 Å². The van der Waals surface area contributed by atoms with Crippen LogP contribution < -0.4 is 10.00 Å². The Hall–Kier alpha value is -3.05. The Morgan fingerprint density at radius 3 is 2.58 bits per heavy atom. The molecule has 7 nitrogen and oxygen atoms in total. The SMILES string of the molecule is CCP(CC)CC[n+]1[c-]c(-c2cccc(C(=O)N[C@@H](C(=O)O)c3ccccc3)c2)[nH]n1. The van der Waals surface area contributed by atoms with Gasteiger partial charge in [-0.3, -0.25) is 4.79 Å². The number of nitrogens with one attached hydrogen (secondary N) is 2. The molecule has 0 spiro atoms. The molecule has 8 heteroatoms. The van der Waals surface area contributed by atoms with Gasteiger partial charge in [-0.15, -0.1) is 25.6 Å². The van der Waals surface area contributed by atoms with E-state index in [9.17, 15) is 14.7 Å². The zero-order valence-corrected chi connectivity index (χ0v) is 18.6. The molecule has 31 heavy (non-hydrogen) atoms. The van der Waals surface area contributed by atoms with Crippen molar-refractivity contribution in [3.63, 3.8) is 0 Å². The number of hydrogen-bond donors (Lipinski definition) is 3. The average molecular weight is 438 g/mol. The molecule has 0 aliphatic carbocycles. The summed E-state index contributed by atoms with van der Waals surface area (Å²) in [5, 5.41) is 19.4. The van der Waals surface area contributed by atoms with Crippen molar-refractivity contribution in [2.24, 2.45) is 0 Å². The van der Waals surface area contributed by atoms with Crippen LogP contribution in [0, 0.1) is 6.20 Å². The summed E-state index contributed by atoms with van der Waals surface area (Å²) in [4.78, 5) is 24.4. The number of aromatic nitrogens is 3. The van der Waals surface area contributed by atoms with Crippen molar-refractivity contribution >= 4 is 19.8 Å². The van der Waals surface area contributed by atoms with Gasteiger partial charge >= 0.3 is 5.97 Å². The lowest BCUT2D eigenvalue weighted by Gasteiger charge is -2.16. The van der Waals surface area contributed by atoms with Crippen LogP contribution in [0.3, 0.4) is 0 Å². The number of carbonyl (C=O) groups excluding carboxylic acids is 1. The summed E-state index contributed by atoms with van der Waals surface area (Å²) in [6.45, 7) is 5.26. The predicted octanol–water partition coefficient (Wildman–Crippen LogP) is 3.24. The van der Waals surface area contributed by atoms with Gasteiger partial charge in [0.15, 0.2) is 6.04 Å². The Bertz CT molecular complexity index is 1020. The molecule has 162 valence electrons. The van der Waals surface area contributed by atoms with E-state index < -0.39 is 17.9 Å². The standard InChI is InChI=1S/C23H27N4O3P/c1-3-31(4-2)14-13-27-16-20(25-26-27)18-11-8-12-19(15-18)22(28)24-21(23(29)30)17-9-6-5-7-10-17/h5-12,15,21,25H,3-4,13-14H2,1-2H3,(H,24,28)(H,29,30)/t21-/m1/s1. The number of aliphatic carboxylic acids is 1. The summed E-state index contributed by atoms with van der Waals surface area (Å²) >= 11 is 0. The van der Waals surface area contributed by atoms with Gasteiger partial charge in [0.25, 0.3) is 5.91 Å². The van der Waals surface area contributed by atoms with E-state index >= 15 is 0 Å². The fourth-order valence-corrected chi connectivity index (χ4v) is 4.82. The highest BCUT2D eigenvalue weighted by Gasteiger charge is 2.22. The lowest BCUT2D eigenvalue weighted by atomic mass is 10.0. The molecule has 3 aromatic rings. The summed E-state index contributed by atoms with van der Waals surface area (Å²) in [5.41, 5.74) is 2.33. The van der Waals surface area contributed by atoms with Gasteiger partial charge in [0, 0.05) is 23.6 Å². The molecule has 0 unspecified atom stereocenters. The molecular weight excluding hydrogens is 411 g/mol. The molecule has 0 bridgehead atoms. The normalized spacial score (nSPS) is 12.0.